The van der Waals surface area contributed by atoms with Crippen LogP contribution < -0.4 is 5.32 Å². The van der Waals surface area contributed by atoms with E-state index in [-0.39, 0.29) is 11.9 Å². The van der Waals surface area contributed by atoms with Crippen molar-refractivity contribution in [2.45, 2.75) is 32.2 Å². The van der Waals surface area contributed by atoms with Gasteiger partial charge in [-0.05, 0) is 25.7 Å². The van der Waals surface area contributed by atoms with E-state index in [0.29, 0.717) is 18.2 Å². The first kappa shape index (κ1) is 10.9. The summed E-state index contributed by atoms with van der Waals surface area (Å²) in [5, 5.41) is 9.40. The first-order chi connectivity index (χ1) is 7.75. The van der Waals surface area contributed by atoms with Gasteiger partial charge in [-0.15, -0.1) is 0 Å². The molecule has 2 unspecified atom stereocenters. The van der Waals surface area contributed by atoms with Gasteiger partial charge in [-0.2, -0.15) is 5.10 Å². The average Bonchev–Trinajstić information content (AvgIpc) is 2.88. The third-order valence-electron chi connectivity index (χ3n) is 2.78. The lowest BCUT2D eigenvalue weighted by molar-refractivity contribution is -0.122. The Hall–Kier alpha value is -1.65. The van der Waals surface area contributed by atoms with Crippen LogP contribution in [-0.2, 0) is 4.79 Å². The van der Waals surface area contributed by atoms with Crippen LogP contribution in [0.15, 0.2) is 18.5 Å². The molecule has 5 nitrogen and oxygen atoms in total. The number of H-pyrrole nitrogens is 1. The molecule has 1 aromatic heterocycles. The Morgan fingerprint density at radius 2 is 2.62 bits per heavy atom. The number of hydrogen-bond acceptors (Lipinski definition) is 3. The molecule has 1 amide bonds. The Kier molecular flexibility index (Phi) is 3.34. The molecule has 5 heteroatoms. The van der Waals surface area contributed by atoms with Gasteiger partial charge in [0, 0.05) is 6.42 Å². The number of aromatic amines is 1. The van der Waals surface area contributed by atoms with Gasteiger partial charge in [0.05, 0.1) is 6.04 Å². The number of hydrogen-bond donors (Lipinski definition) is 2. The number of carbonyl (C=O) groups is 1. The van der Waals surface area contributed by atoms with Crippen LogP contribution in [0.1, 0.15) is 38.1 Å². The first-order valence-corrected chi connectivity index (χ1v) is 5.57. The highest BCUT2D eigenvalue weighted by Gasteiger charge is 2.16. The Morgan fingerprint density at radius 1 is 1.75 bits per heavy atom. The fourth-order valence-electron chi connectivity index (χ4n) is 1.90. The van der Waals surface area contributed by atoms with E-state index in [2.05, 4.69) is 32.7 Å². The van der Waals surface area contributed by atoms with Crippen LogP contribution in [0, 0.1) is 5.92 Å². The molecule has 1 aliphatic carbocycles. The summed E-state index contributed by atoms with van der Waals surface area (Å²) in [4.78, 5) is 15.7. The summed E-state index contributed by atoms with van der Waals surface area (Å²) in [7, 11) is 0. The van der Waals surface area contributed by atoms with Crippen LogP contribution in [0.2, 0.25) is 0 Å². The van der Waals surface area contributed by atoms with Crippen molar-refractivity contribution in [2.24, 2.45) is 5.92 Å². The van der Waals surface area contributed by atoms with Gasteiger partial charge < -0.3 is 5.32 Å². The largest absolute Gasteiger partial charge is 0.346 e. The number of allylic oxidation sites excluding steroid dienone is 2. The average molecular weight is 220 g/mol. The molecule has 2 rings (SSSR count). The van der Waals surface area contributed by atoms with Crippen molar-refractivity contribution >= 4 is 5.91 Å². The first-order valence-electron chi connectivity index (χ1n) is 5.57. The maximum Gasteiger partial charge on any atom is 0.221 e. The third-order valence-corrected chi connectivity index (χ3v) is 2.78. The number of amides is 1. The highest BCUT2D eigenvalue weighted by molar-refractivity contribution is 5.76. The van der Waals surface area contributed by atoms with Crippen LogP contribution in [0.3, 0.4) is 0 Å². The standard InChI is InChI=1S/C11H16N4O/c1-8(11-12-7-13-15-11)14-10(16)6-9-4-2-3-5-9/h2,4,7-9H,3,5-6H2,1H3,(H,14,16)(H,12,13,15). The fourth-order valence-corrected chi connectivity index (χ4v) is 1.90. The second-order valence-corrected chi connectivity index (χ2v) is 4.13. The monoisotopic (exact) mass is 220 g/mol. The van der Waals surface area contributed by atoms with Gasteiger partial charge in [-0.25, -0.2) is 4.98 Å². The molecular weight excluding hydrogens is 204 g/mol. The fraction of sp³-hybridized carbons (Fsp3) is 0.545. The molecule has 2 atom stereocenters. The molecule has 0 aliphatic heterocycles. The van der Waals surface area contributed by atoms with Crippen LogP contribution >= 0.6 is 0 Å². The molecule has 1 heterocycles. The molecular formula is C11H16N4O. The molecule has 0 saturated heterocycles. The Bertz CT molecular complexity index is 371. The maximum absolute atomic E-state index is 11.7. The van der Waals surface area contributed by atoms with Gasteiger partial charge in [0.15, 0.2) is 0 Å². The van der Waals surface area contributed by atoms with Crippen molar-refractivity contribution < 1.29 is 4.79 Å². The van der Waals surface area contributed by atoms with E-state index < -0.39 is 0 Å². The van der Waals surface area contributed by atoms with E-state index in [4.69, 9.17) is 0 Å². The minimum atomic E-state index is -0.111. The molecule has 2 N–H and O–H groups in total. The Labute approximate surface area is 94.3 Å². The van der Waals surface area contributed by atoms with E-state index in [0.717, 1.165) is 12.8 Å². The summed E-state index contributed by atoms with van der Waals surface area (Å²) in [6, 6.07) is -0.111. The van der Waals surface area contributed by atoms with Crippen molar-refractivity contribution in [3.63, 3.8) is 0 Å². The molecule has 1 aliphatic rings. The number of carbonyl (C=O) groups excluding carboxylic acids is 1. The van der Waals surface area contributed by atoms with E-state index in [9.17, 15) is 4.79 Å². The molecule has 1 aromatic rings. The molecule has 0 radical (unpaired) electrons. The summed E-state index contributed by atoms with van der Waals surface area (Å²) in [6.07, 6.45) is 8.45. The highest BCUT2D eigenvalue weighted by atomic mass is 16.1. The number of nitrogens with zero attached hydrogens (tertiary/aromatic N) is 2. The summed E-state index contributed by atoms with van der Waals surface area (Å²) in [5.41, 5.74) is 0. The van der Waals surface area contributed by atoms with Gasteiger partial charge in [0.2, 0.25) is 5.91 Å². The predicted octanol–water partition coefficient (Wildman–Crippen LogP) is 1.34. The Morgan fingerprint density at radius 3 is 3.25 bits per heavy atom. The van der Waals surface area contributed by atoms with Gasteiger partial charge in [-0.3, -0.25) is 9.89 Å². The van der Waals surface area contributed by atoms with Crippen molar-refractivity contribution in [3.8, 4) is 0 Å². The van der Waals surface area contributed by atoms with Crippen LogP contribution in [0.5, 0.6) is 0 Å². The lowest BCUT2D eigenvalue weighted by Crippen LogP contribution is -2.28. The second kappa shape index (κ2) is 4.92. The number of rotatable bonds is 4. The van der Waals surface area contributed by atoms with E-state index in [1.165, 1.54) is 6.33 Å². The minimum absolute atomic E-state index is 0.0699. The van der Waals surface area contributed by atoms with Gasteiger partial charge >= 0.3 is 0 Å². The van der Waals surface area contributed by atoms with Crippen LogP contribution in [-0.4, -0.2) is 21.1 Å². The molecule has 0 saturated carbocycles. The zero-order valence-corrected chi connectivity index (χ0v) is 9.31. The van der Waals surface area contributed by atoms with E-state index in [1.54, 1.807) is 0 Å². The summed E-state index contributed by atoms with van der Waals surface area (Å²) in [6.45, 7) is 1.89. The summed E-state index contributed by atoms with van der Waals surface area (Å²) >= 11 is 0. The van der Waals surface area contributed by atoms with E-state index >= 15 is 0 Å². The van der Waals surface area contributed by atoms with Crippen molar-refractivity contribution in [3.05, 3.63) is 24.3 Å². The number of nitrogens with one attached hydrogen (secondary N) is 2. The zero-order valence-electron chi connectivity index (χ0n) is 9.31. The molecule has 86 valence electrons. The van der Waals surface area contributed by atoms with Crippen LogP contribution in [0.25, 0.3) is 0 Å². The van der Waals surface area contributed by atoms with Gasteiger partial charge in [-0.1, -0.05) is 12.2 Å². The number of aromatic nitrogens is 3. The topological polar surface area (TPSA) is 70.7 Å². The molecule has 0 aromatic carbocycles. The van der Waals surface area contributed by atoms with Crippen molar-refractivity contribution in [1.82, 2.24) is 20.5 Å². The molecule has 16 heavy (non-hydrogen) atoms. The molecule has 0 spiro atoms. The zero-order chi connectivity index (χ0) is 11.4. The van der Waals surface area contributed by atoms with Gasteiger partial charge in [0.1, 0.15) is 12.2 Å². The SMILES string of the molecule is CC(NC(=O)CC1C=CCC1)c1ncn[nH]1. The lowest BCUT2D eigenvalue weighted by atomic mass is 10.0. The predicted molar refractivity (Wildman–Crippen MR) is 59.4 cm³/mol. The summed E-state index contributed by atoms with van der Waals surface area (Å²) < 4.78 is 0. The lowest BCUT2D eigenvalue weighted by Gasteiger charge is -2.12. The highest BCUT2D eigenvalue weighted by Crippen LogP contribution is 2.20. The normalized spacial score (nSPS) is 20.9. The second-order valence-electron chi connectivity index (χ2n) is 4.13. The van der Waals surface area contributed by atoms with Crippen LogP contribution in [0.4, 0.5) is 0 Å². The summed E-state index contributed by atoms with van der Waals surface area (Å²) in [5.74, 6) is 1.16. The maximum atomic E-state index is 11.7. The molecule has 0 bridgehead atoms. The quantitative estimate of drug-likeness (QED) is 0.752. The van der Waals surface area contributed by atoms with Crippen molar-refractivity contribution in [1.29, 1.82) is 0 Å². The van der Waals surface area contributed by atoms with Crippen molar-refractivity contribution in [2.75, 3.05) is 0 Å². The minimum Gasteiger partial charge on any atom is -0.346 e. The molecule has 0 fully saturated rings. The smallest absolute Gasteiger partial charge is 0.221 e. The van der Waals surface area contributed by atoms with E-state index in [1.807, 2.05) is 6.92 Å². The Balaban J connectivity index is 1.80. The third kappa shape index (κ3) is 2.68. The van der Waals surface area contributed by atoms with Gasteiger partial charge in [0.25, 0.3) is 0 Å².